The molecule has 0 heterocycles. The zero-order valence-corrected chi connectivity index (χ0v) is 10.1. The Bertz CT molecular complexity index is 164. The van der Waals surface area contributed by atoms with Gasteiger partial charge in [0, 0.05) is 12.1 Å². The molecule has 0 aliphatic heterocycles. The van der Waals surface area contributed by atoms with Crippen LogP contribution in [-0.2, 0) is 4.74 Å². The lowest BCUT2D eigenvalue weighted by molar-refractivity contribution is 0.0130. The van der Waals surface area contributed by atoms with E-state index in [1.54, 1.807) is 0 Å². The summed E-state index contributed by atoms with van der Waals surface area (Å²) in [5, 5.41) is 12.6. The summed E-state index contributed by atoms with van der Waals surface area (Å²) in [6, 6.07) is 0. The van der Waals surface area contributed by atoms with Crippen LogP contribution >= 0.6 is 0 Å². The highest BCUT2D eigenvalue weighted by Gasteiger charge is 2.25. The zero-order chi connectivity index (χ0) is 12.4. The van der Waals surface area contributed by atoms with Gasteiger partial charge in [-0.05, 0) is 25.8 Å². The Morgan fingerprint density at radius 3 is 2.50 bits per heavy atom. The van der Waals surface area contributed by atoms with Crippen LogP contribution in [0.3, 0.4) is 0 Å². The van der Waals surface area contributed by atoms with Crippen molar-refractivity contribution in [2.45, 2.75) is 45.1 Å². The first-order chi connectivity index (χ1) is 7.60. The highest BCUT2D eigenvalue weighted by Crippen LogP contribution is 2.16. The fourth-order valence-corrected chi connectivity index (χ4v) is 1.70. The molecule has 0 fully saturated rings. The maximum Gasteiger partial charge on any atom is 0.261 e. The van der Waals surface area contributed by atoms with Crippen molar-refractivity contribution in [3.8, 4) is 0 Å². The van der Waals surface area contributed by atoms with Gasteiger partial charge in [0.15, 0.2) is 0 Å². The minimum absolute atomic E-state index is 0.0617. The van der Waals surface area contributed by atoms with Crippen molar-refractivity contribution < 1.29 is 18.6 Å². The van der Waals surface area contributed by atoms with E-state index in [4.69, 9.17) is 4.74 Å². The van der Waals surface area contributed by atoms with E-state index >= 15 is 0 Å². The topological polar surface area (TPSA) is 41.5 Å². The predicted molar refractivity (Wildman–Crippen MR) is 59.8 cm³/mol. The number of nitrogens with one attached hydrogen (secondary N) is 1. The van der Waals surface area contributed by atoms with Crippen LogP contribution in [0.1, 0.15) is 33.1 Å². The molecule has 0 saturated heterocycles. The molecule has 0 rings (SSSR count). The van der Waals surface area contributed by atoms with Gasteiger partial charge in [-0.3, -0.25) is 0 Å². The van der Waals surface area contributed by atoms with Gasteiger partial charge in [0.25, 0.3) is 6.43 Å². The number of hydrogen-bond acceptors (Lipinski definition) is 3. The molecule has 0 aliphatic rings. The van der Waals surface area contributed by atoms with Crippen molar-refractivity contribution in [3.05, 3.63) is 0 Å². The van der Waals surface area contributed by atoms with Gasteiger partial charge in [-0.15, -0.1) is 0 Å². The van der Waals surface area contributed by atoms with Crippen LogP contribution in [0, 0.1) is 0 Å². The normalized spacial score (nSPS) is 15.4. The molecule has 0 aromatic heterocycles. The Hall–Kier alpha value is -0.260. The van der Waals surface area contributed by atoms with E-state index < -0.39 is 13.0 Å². The van der Waals surface area contributed by atoms with Crippen LogP contribution in [0.15, 0.2) is 0 Å². The maximum atomic E-state index is 11.8. The van der Waals surface area contributed by atoms with E-state index in [9.17, 15) is 13.9 Å². The SMILES string of the molecule is CCNC(CC)(CO)CCCOCC(F)F. The molecule has 0 aromatic carbocycles. The molecule has 0 saturated carbocycles. The number of alkyl halides is 2. The molecule has 1 atom stereocenters. The predicted octanol–water partition coefficient (Wildman–Crippen LogP) is 1.80. The molecule has 2 N–H and O–H groups in total. The summed E-state index contributed by atoms with van der Waals surface area (Å²) in [7, 11) is 0. The van der Waals surface area contributed by atoms with Crippen molar-refractivity contribution in [2.75, 3.05) is 26.4 Å². The first-order valence-corrected chi connectivity index (χ1v) is 5.82. The van der Waals surface area contributed by atoms with Crippen molar-refractivity contribution in [3.63, 3.8) is 0 Å². The van der Waals surface area contributed by atoms with Gasteiger partial charge in [-0.1, -0.05) is 13.8 Å². The lowest BCUT2D eigenvalue weighted by Gasteiger charge is -2.31. The first-order valence-electron chi connectivity index (χ1n) is 5.82. The molecule has 16 heavy (non-hydrogen) atoms. The van der Waals surface area contributed by atoms with Crippen molar-refractivity contribution in [2.24, 2.45) is 0 Å². The van der Waals surface area contributed by atoms with Gasteiger partial charge < -0.3 is 15.2 Å². The summed E-state index contributed by atoms with van der Waals surface area (Å²) in [6.45, 7) is 4.64. The van der Waals surface area contributed by atoms with Crippen LogP contribution in [0.25, 0.3) is 0 Å². The minimum Gasteiger partial charge on any atom is -0.394 e. The van der Waals surface area contributed by atoms with E-state index in [1.807, 2.05) is 13.8 Å². The second kappa shape index (κ2) is 8.84. The third kappa shape index (κ3) is 6.35. The molecule has 5 heteroatoms. The van der Waals surface area contributed by atoms with E-state index in [0.717, 1.165) is 19.4 Å². The Labute approximate surface area is 96.2 Å². The highest BCUT2D eigenvalue weighted by atomic mass is 19.3. The lowest BCUT2D eigenvalue weighted by atomic mass is 9.91. The second-order valence-corrected chi connectivity index (χ2v) is 3.89. The highest BCUT2D eigenvalue weighted by molar-refractivity contribution is 4.85. The minimum atomic E-state index is -2.40. The number of rotatable bonds is 10. The quantitative estimate of drug-likeness (QED) is 0.571. The summed E-state index contributed by atoms with van der Waals surface area (Å²) < 4.78 is 28.3. The standard InChI is InChI=1S/C11H23F2NO2/c1-3-11(9-15,14-4-2)6-5-7-16-8-10(12)13/h10,14-15H,3-9H2,1-2H3. The van der Waals surface area contributed by atoms with Crippen LogP contribution in [0.2, 0.25) is 0 Å². The van der Waals surface area contributed by atoms with Crippen LogP contribution in [0.4, 0.5) is 8.78 Å². The summed E-state index contributed by atoms with van der Waals surface area (Å²) in [6.07, 6.45) is -0.181. The largest absolute Gasteiger partial charge is 0.394 e. The number of aliphatic hydroxyl groups is 1. The maximum absolute atomic E-state index is 11.8. The Balaban J connectivity index is 3.75. The summed E-state index contributed by atoms with van der Waals surface area (Å²) in [4.78, 5) is 0. The van der Waals surface area contributed by atoms with Crippen LogP contribution in [-0.4, -0.2) is 43.4 Å². The average molecular weight is 239 g/mol. The molecular weight excluding hydrogens is 216 g/mol. The van der Waals surface area contributed by atoms with E-state index in [-0.39, 0.29) is 12.1 Å². The fraction of sp³-hybridized carbons (Fsp3) is 1.00. The number of hydrogen-bond donors (Lipinski definition) is 2. The molecule has 0 bridgehead atoms. The van der Waals surface area contributed by atoms with Gasteiger partial charge in [-0.2, -0.15) is 0 Å². The molecule has 0 amide bonds. The summed E-state index contributed by atoms with van der Waals surface area (Å²) >= 11 is 0. The number of halogens is 2. The zero-order valence-electron chi connectivity index (χ0n) is 10.1. The van der Waals surface area contributed by atoms with E-state index in [1.165, 1.54) is 0 Å². The Kier molecular flexibility index (Phi) is 8.70. The number of ether oxygens (including phenoxy) is 1. The van der Waals surface area contributed by atoms with Crippen molar-refractivity contribution in [1.29, 1.82) is 0 Å². The van der Waals surface area contributed by atoms with Gasteiger partial charge in [0.2, 0.25) is 0 Å². The smallest absolute Gasteiger partial charge is 0.261 e. The van der Waals surface area contributed by atoms with Gasteiger partial charge in [0.1, 0.15) is 6.61 Å². The Morgan fingerprint density at radius 1 is 1.38 bits per heavy atom. The molecule has 98 valence electrons. The third-order valence-corrected chi connectivity index (χ3v) is 2.72. The summed E-state index contributed by atoms with van der Waals surface area (Å²) in [5.74, 6) is 0. The average Bonchev–Trinajstić information content (AvgIpc) is 2.27. The number of likely N-dealkylation sites (N-methyl/N-ethyl adjacent to an activating group) is 1. The molecule has 3 nitrogen and oxygen atoms in total. The van der Waals surface area contributed by atoms with Crippen molar-refractivity contribution in [1.82, 2.24) is 5.32 Å². The number of aliphatic hydroxyl groups excluding tert-OH is 1. The molecule has 0 radical (unpaired) electrons. The Morgan fingerprint density at radius 2 is 2.06 bits per heavy atom. The third-order valence-electron chi connectivity index (χ3n) is 2.72. The van der Waals surface area contributed by atoms with Crippen LogP contribution < -0.4 is 5.32 Å². The van der Waals surface area contributed by atoms with E-state index in [0.29, 0.717) is 13.0 Å². The molecule has 0 aromatic rings. The first kappa shape index (κ1) is 15.7. The van der Waals surface area contributed by atoms with Crippen LogP contribution in [0.5, 0.6) is 0 Å². The summed E-state index contributed by atoms with van der Waals surface area (Å²) in [5.41, 5.74) is -0.289. The lowest BCUT2D eigenvalue weighted by Crippen LogP contribution is -2.48. The molecule has 1 unspecified atom stereocenters. The fourth-order valence-electron chi connectivity index (χ4n) is 1.70. The molecule has 0 spiro atoms. The molecular formula is C11H23F2NO2. The monoisotopic (exact) mass is 239 g/mol. The second-order valence-electron chi connectivity index (χ2n) is 3.89. The van der Waals surface area contributed by atoms with Crippen molar-refractivity contribution >= 4 is 0 Å². The van der Waals surface area contributed by atoms with Gasteiger partial charge in [-0.25, -0.2) is 8.78 Å². The van der Waals surface area contributed by atoms with Gasteiger partial charge >= 0.3 is 0 Å². The molecule has 0 aliphatic carbocycles. The van der Waals surface area contributed by atoms with Gasteiger partial charge in [0.05, 0.1) is 6.61 Å². The van der Waals surface area contributed by atoms with E-state index in [2.05, 4.69) is 5.32 Å².